The van der Waals surface area contributed by atoms with Crippen LogP contribution in [0, 0.1) is 29.2 Å². The van der Waals surface area contributed by atoms with Gasteiger partial charge in [0.2, 0.25) is 0 Å². The van der Waals surface area contributed by atoms with Gasteiger partial charge in [0.05, 0.1) is 0 Å². The summed E-state index contributed by atoms with van der Waals surface area (Å²) in [4.78, 5) is 0. The second kappa shape index (κ2) is 6.34. The van der Waals surface area contributed by atoms with Gasteiger partial charge in [-0.15, -0.1) is 0 Å². The van der Waals surface area contributed by atoms with Crippen molar-refractivity contribution in [3.63, 3.8) is 0 Å². The Morgan fingerprint density at radius 1 is 1.09 bits per heavy atom. The molecular weight excluding hydrogens is 304 g/mol. The van der Waals surface area contributed by atoms with Crippen molar-refractivity contribution in [2.24, 2.45) is 5.92 Å². The Balaban J connectivity index is 2.19. The van der Waals surface area contributed by atoms with Crippen molar-refractivity contribution >= 4 is 0 Å². The van der Waals surface area contributed by atoms with Gasteiger partial charge in [-0.1, -0.05) is 31.9 Å². The van der Waals surface area contributed by atoms with Crippen LogP contribution in [0.5, 0.6) is 0 Å². The maximum atomic E-state index is 15.1. The predicted molar refractivity (Wildman–Crippen MR) is 82.1 cm³/mol. The van der Waals surface area contributed by atoms with Gasteiger partial charge in [0.25, 0.3) is 0 Å². The molecule has 0 aromatic heterocycles. The standard InChI is InChI=1S/C19H18F4/c1-2-3-11-4-6-14-12(8-11)5-7-15(18(14)22)13-9-16(20)19(23)17(21)10-13/h5,7,9-11H,2-4,6,8H2,1H3/i4D2,8D2. The largest absolute Gasteiger partial charge is 0.206 e. The minimum atomic E-state index is -2.09. The fourth-order valence-electron chi connectivity index (χ4n) is 2.79. The van der Waals surface area contributed by atoms with Crippen molar-refractivity contribution in [1.82, 2.24) is 0 Å². The van der Waals surface area contributed by atoms with Gasteiger partial charge < -0.3 is 0 Å². The van der Waals surface area contributed by atoms with E-state index in [4.69, 9.17) is 5.48 Å². The molecule has 2 aromatic carbocycles. The fourth-order valence-corrected chi connectivity index (χ4v) is 2.79. The Morgan fingerprint density at radius 3 is 2.43 bits per heavy atom. The lowest BCUT2D eigenvalue weighted by atomic mass is 9.80. The van der Waals surface area contributed by atoms with E-state index in [1.807, 2.05) is 6.92 Å². The van der Waals surface area contributed by atoms with Crippen LogP contribution in [0.15, 0.2) is 24.3 Å². The summed E-state index contributed by atoms with van der Waals surface area (Å²) >= 11 is 0. The van der Waals surface area contributed by atoms with Crippen LogP contribution in [-0.4, -0.2) is 0 Å². The molecule has 0 saturated carbocycles. The zero-order chi connectivity index (χ0) is 20.1. The molecule has 0 spiro atoms. The molecule has 0 saturated heterocycles. The van der Waals surface area contributed by atoms with E-state index < -0.39 is 41.9 Å². The highest BCUT2D eigenvalue weighted by Gasteiger charge is 2.23. The summed E-state index contributed by atoms with van der Waals surface area (Å²) in [5, 5.41) is 0. The number of benzene rings is 2. The molecule has 0 heterocycles. The molecule has 0 N–H and O–H groups in total. The van der Waals surface area contributed by atoms with E-state index in [1.165, 1.54) is 12.1 Å². The first-order chi connectivity index (χ1) is 12.5. The van der Waals surface area contributed by atoms with Gasteiger partial charge in [0.15, 0.2) is 17.5 Å². The van der Waals surface area contributed by atoms with E-state index in [0.717, 1.165) is 0 Å². The van der Waals surface area contributed by atoms with Crippen molar-refractivity contribution < 1.29 is 23.0 Å². The highest BCUT2D eigenvalue weighted by atomic mass is 19.2. The molecule has 0 amide bonds. The molecule has 0 radical (unpaired) electrons. The van der Waals surface area contributed by atoms with E-state index in [0.29, 0.717) is 25.0 Å². The fraction of sp³-hybridized carbons (Fsp3) is 0.368. The summed E-state index contributed by atoms with van der Waals surface area (Å²) in [6.07, 6.45) is -3.54. The SMILES string of the molecule is [2H]C1([2H])Cc2c(ccc(-c3cc(F)c(F)c(F)c3)c2F)C([2H])([2H])C1CCC. The number of fused-ring (bicyclic) bond motifs is 1. The quantitative estimate of drug-likeness (QED) is 0.493. The zero-order valence-corrected chi connectivity index (χ0v) is 12.5. The Morgan fingerprint density at radius 2 is 1.78 bits per heavy atom. The van der Waals surface area contributed by atoms with E-state index in [1.54, 1.807) is 0 Å². The summed E-state index contributed by atoms with van der Waals surface area (Å²) in [7, 11) is 0. The number of rotatable bonds is 3. The predicted octanol–water partition coefficient (Wildman–Crippen LogP) is 5.82. The summed E-state index contributed by atoms with van der Waals surface area (Å²) < 4.78 is 88.6. The molecule has 4 heteroatoms. The molecule has 1 aliphatic rings. The van der Waals surface area contributed by atoms with Crippen molar-refractivity contribution in [1.29, 1.82) is 0 Å². The van der Waals surface area contributed by atoms with Gasteiger partial charge >= 0.3 is 0 Å². The lowest BCUT2D eigenvalue weighted by molar-refractivity contribution is 0.415. The second-order valence-electron chi connectivity index (χ2n) is 5.57. The second-order valence-corrected chi connectivity index (χ2v) is 5.57. The molecule has 122 valence electrons. The number of halogens is 4. The average Bonchev–Trinajstić information content (AvgIpc) is 2.57. The molecule has 1 aliphatic carbocycles. The Hall–Kier alpha value is -1.84. The van der Waals surface area contributed by atoms with Crippen molar-refractivity contribution in [2.45, 2.75) is 38.9 Å². The third-order valence-corrected chi connectivity index (χ3v) is 3.97. The van der Waals surface area contributed by atoms with E-state index >= 15 is 4.39 Å². The Kier molecular flexibility index (Phi) is 3.21. The van der Waals surface area contributed by atoms with Crippen LogP contribution in [-0.2, 0) is 12.8 Å². The lowest BCUT2D eigenvalue weighted by Gasteiger charge is -2.25. The molecule has 0 aliphatic heterocycles. The average molecular weight is 326 g/mol. The van der Waals surface area contributed by atoms with Crippen LogP contribution >= 0.6 is 0 Å². The summed E-state index contributed by atoms with van der Waals surface area (Å²) in [5.74, 6) is -6.46. The Bertz CT molecular complexity index is 873. The van der Waals surface area contributed by atoms with E-state index in [-0.39, 0.29) is 28.7 Å². The van der Waals surface area contributed by atoms with Crippen LogP contribution in [0.4, 0.5) is 17.6 Å². The lowest BCUT2D eigenvalue weighted by Crippen LogP contribution is -2.16. The topological polar surface area (TPSA) is 0 Å². The van der Waals surface area contributed by atoms with Gasteiger partial charge in [-0.25, -0.2) is 17.6 Å². The molecule has 0 bridgehead atoms. The third kappa shape index (κ3) is 2.99. The van der Waals surface area contributed by atoms with Crippen molar-refractivity contribution in [2.75, 3.05) is 0 Å². The minimum absolute atomic E-state index is 0.0420. The van der Waals surface area contributed by atoms with Crippen LogP contribution in [0.2, 0.25) is 0 Å². The highest BCUT2D eigenvalue weighted by Crippen LogP contribution is 2.35. The normalized spacial score (nSPS) is 24.1. The van der Waals surface area contributed by atoms with Crippen molar-refractivity contribution in [3.8, 4) is 11.1 Å². The first kappa shape index (κ1) is 11.7. The molecule has 2 aromatic rings. The monoisotopic (exact) mass is 326 g/mol. The number of hydrogen-bond acceptors (Lipinski definition) is 0. The number of hydrogen-bond donors (Lipinski definition) is 0. The summed E-state index contributed by atoms with van der Waals surface area (Å²) in [5.41, 5.74) is -0.573. The Labute approximate surface area is 138 Å². The summed E-state index contributed by atoms with van der Waals surface area (Å²) in [6.45, 7) is 1.82. The van der Waals surface area contributed by atoms with Gasteiger partial charge in [-0.3, -0.25) is 0 Å². The van der Waals surface area contributed by atoms with Gasteiger partial charge in [0.1, 0.15) is 5.82 Å². The van der Waals surface area contributed by atoms with Gasteiger partial charge in [-0.05, 0) is 53.9 Å². The van der Waals surface area contributed by atoms with Crippen LogP contribution < -0.4 is 0 Å². The van der Waals surface area contributed by atoms with E-state index in [9.17, 15) is 13.2 Å². The first-order valence-electron chi connectivity index (χ1n) is 9.47. The highest BCUT2D eigenvalue weighted by molar-refractivity contribution is 5.66. The molecule has 23 heavy (non-hydrogen) atoms. The molecule has 3 rings (SSSR count). The smallest absolute Gasteiger partial charge is 0.194 e. The maximum Gasteiger partial charge on any atom is 0.194 e. The molecule has 1 atom stereocenters. The van der Waals surface area contributed by atoms with Crippen LogP contribution in [0.25, 0.3) is 11.1 Å². The van der Waals surface area contributed by atoms with Crippen LogP contribution in [0.1, 0.15) is 42.7 Å². The van der Waals surface area contributed by atoms with Gasteiger partial charge in [-0.2, -0.15) is 0 Å². The molecular formula is C19H18F4. The maximum absolute atomic E-state index is 15.1. The molecule has 1 unspecified atom stereocenters. The molecule has 0 nitrogen and oxygen atoms in total. The van der Waals surface area contributed by atoms with Gasteiger partial charge in [0, 0.05) is 11.0 Å². The van der Waals surface area contributed by atoms with E-state index in [2.05, 4.69) is 0 Å². The minimum Gasteiger partial charge on any atom is -0.206 e. The molecule has 0 fully saturated rings. The third-order valence-electron chi connectivity index (χ3n) is 3.97. The summed E-state index contributed by atoms with van der Waals surface area (Å²) in [6, 6.07) is 3.84. The van der Waals surface area contributed by atoms with Crippen LogP contribution in [0.3, 0.4) is 0 Å². The zero-order valence-electron chi connectivity index (χ0n) is 16.5. The van der Waals surface area contributed by atoms with Crippen molar-refractivity contribution in [3.05, 3.63) is 58.7 Å². The first-order valence-corrected chi connectivity index (χ1v) is 7.47.